The first-order chi connectivity index (χ1) is 4.71. The Bertz CT molecular complexity index is 182. The van der Waals surface area contributed by atoms with Crippen LogP contribution >= 0.6 is 14.7 Å². The van der Waals surface area contributed by atoms with E-state index in [-0.39, 0.29) is 0 Å². The van der Waals surface area contributed by atoms with Gasteiger partial charge in [-0.2, -0.15) is 0 Å². The molecule has 0 saturated heterocycles. The summed E-state index contributed by atoms with van der Waals surface area (Å²) < 4.78 is 31.6. The molecule has 0 amide bonds. The van der Waals surface area contributed by atoms with Crippen LogP contribution in [0.15, 0.2) is 0 Å². The largest absolute Gasteiger partial charge is 0.679 e. The second-order valence-corrected chi connectivity index (χ2v) is 9.70. The maximum Gasteiger partial charge on any atom is 0.679 e. The average molecular weight is 213 g/mol. The molecule has 0 aliphatic rings. The lowest BCUT2D eigenvalue weighted by Crippen LogP contribution is -1.99. The van der Waals surface area contributed by atoms with Crippen molar-refractivity contribution in [3.8, 4) is 0 Å². The summed E-state index contributed by atoms with van der Waals surface area (Å²) in [4.78, 5) is 0. The lowest BCUT2D eigenvalue weighted by molar-refractivity contribution is 0.437. The average Bonchev–Trinajstić information content (AvgIpc) is 1.55. The molecule has 4 nitrogen and oxygen atoms in total. The highest BCUT2D eigenvalue weighted by Gasteiger charge is 2.15. The fourth-order valence-corrected chi connectivity index (χ4v) is 2.39. The number of rotatable bonds is 4. The van der Waals surface area contributed by atoms with Crippen molar-refractivity contribution in [2.75, 3.05) is 26.7 Å². The van der Waals surface area contributed by atoms with Gasteiger partial charge in [-0.05, 0) is 0 Å². The molecule has 0 unspecified atom stereocenters. The molecule has 0 rings (SSSR count). The minimum absolute atomic E-state index is 0.857. The molecular weight excluding hydrogens is 201 g/mol. The fraction of sp³-hybridized carbons (Fsp3) is 1.00. The van der Waals surface area contributed by atoms with Crippen LogP contribution in [-0.4, -0.2) is 42.5 Å². The molecule has 0 aliphatic heterocycles. The van der Waals surface area contributed by atoms with Crippen molar-refractivity contribution in [3.63, 3.8) is 0 Å². The van der Waals surface area contributed by atoms with Crippen molar-refractivity contribution >= 4 is 30.6 Å². The fourth-order valence-electron chi connectivity index (χ4n) is 0.227. The zero-order valence-electron chi connectivity index (χ0n) is 7.10. The molecule has 0 aromatic heterocycles. The predicted octanol–water partition coefficient (Wildman–Crippen LogP) is 1.63. The van der Waals surface area contributed by atoms with Gasteiger partial charge in [-0.3, -0.25) is 9.13 Å². The van der Waals surface area contributed by atoms with Crippen molar-refractivity contribution in [1.82, 2.24) is 0 Å². The van der Waals surface area contributed by atoms with Crippen LogP contribution in [0, 0.1) is 0 Å². The molecule has 65 valence electrons. The molecular formula is C4H12AlO4P2. The van der Waals surface area contributed by atoms with Crippen LogP contribution in [0.2, 0.25) is 0 Å². The zero-order valence-corrected chi connectivity index (χ0v) is 10.0. The van der Waals surface area contributed by atoms with Crippen molar-refractivity contribution in [2.45, 2.75) is 0 Å². The minimum atomic E-state index is -2.46. The van der Waals surface area contributed by atoms with Crippen molar-refractivity contribution in [2.24, 2.45) is 0 Å². The van der Waals surface area contributed by atoms with Gasteiger partial charge in [0.15, 0.2) is 14.7 Å². The van der Waals surface area contributed by atoms with Gasteiger partial charge in [-0.25, -0.2) is 0 Å². The highest BCUT2D eigenvalue weighted by Crippen LogP contribution is 2.41. The monoisotopic (exact) mass is 213 g/mol. The molecule has 0 atom stereocenters. The first-order valence-corrected chi connectivity index (χ1v) is 8.97. The van der Waals surface area contributed by atoms with E-state index in [1.165, 1.54) is 26.7 Å². The quantitative estimate of drug-likeness (QED) is 0.526. The third kappa shape index (κ3) is 10.9. The SMILES string of the molecule is CP(C)(=O)[O][Al][O]P(C)(C)=O. The summed E-state index contributed by atoms with van der Waals surface area (Å²) in [6.07, 6.45) is 0. The number of hydrogen-bond acceptors (Lipinski definition) is 4. The standard InChI is InChI=1S/2C2H7O2P.Al/c2*1-5(2,3)4;/h2*1-2H3,(H,3,4);/q;;+2/p-2. The van der Waals surface area contributed by atoms with E-state index in [1.807, 2.05) is 0 Å². The summed E-state index contributed by atoms with van der Waals surface area (Å²) >= 11 is -0.857. The topological polar surface area (TPSA) is 52.6 Å². The van der Waals surface area contributed by atoms with Gasteiger partial charge in [0, 0.05) is 26.7 Å². The Morgan fingerprint density at radius 2 is 1.18 bits per heavy atom. The molecule has 0 N–H and O–H groups in total. The highest BCUT2D eigenvalue weighted by atomic mass is 31.2. The van der Waals surface area contributed by atoms with Gasteiger partial charge in [-0.1, -0.05) is 0 Å². The van der Waals surface area contributed by atoms with Crippen LogP contribution in [0.25, 0.3) is 0 Å². The Hall–Kier alpha value is 0.912. The first-order valence-electron chi connectivity index (χ1n) is 2.99. The van der Waals surface area contributed by atoms with Crippen LogP contribution in [-0.2, 0) is 16.3 Å². The van der Waals surface area contributed by atoms with Crippen LogP contribution in [0.5, 0.6) is 0 Å². The summed E-state index contributed by atoms with van der Waals surface area (Å²) in [7, 11) is -4.92. The molecule has 11 heavy (non-hydrogen) atoms. The smallest absolute Gasteiger partial charge is 0.435 e. The Morgan fingerprint density at radius 1 is 0.909 bits per heavy atom. The maximum absolute atomic E-state index is 10.9. The Morgan fingerprint density at radius 3 is 1.36 bits per heavy atom. The molecule has 0 aromatic carbocycles. The van der Waals surface area contributed by atoms with E-state index in [4.69, 9.17) is 7.15 Å². The molecule has 0 aromatic rings. The van der Waals surface area contributed by atoms with Crippen LogP contribution in [0.1, 0.15) is 0 Å². The van der Waals surface area contributed by atoms with Gasteiger partial charge in [0.1, 0.15) is 0 Å². The van der Waals surface area contributed by atoms with Gasteiger partial charge in [-0.15, -0.1) is 0 Å². The Balaban J connectivity index is 3.61. The maximum atomic E-state index is 10.9. The normalized spacial score (nSPS) is 13.1. The van der Waals surface area contributed by atoms with Crippen LogP contribution in [0.4, 0.5) is 0 Å². The van der Waals surface area contributed by atoms with Crippen LogP contribution < -0.4 is 0 Å². The van der Waals surface area contributed by atoms with Gasteiger partial charge in [0.25, 0.3) is 0 Å². The summed E-state index contributed by atoms with van der Waals surface area (Å²) in [6, 6.07) is 0. The van der Waals surface area contributed by atoms with E-state index in [1.54, 1.807) is 0 Å². The third-order valence-corrected chi connectivity index (χ3v) is 5.34. The lowest BCUT2D eigenvalue weighted by Gasteiger charge is -2.10. The Labute approximate surface area is 73.9 Å². The third-order valence-electron chi connectivity index (χ3n) is 0.594. The molecule has 0 heterocycles. The van der Waals surface area contributed by atoms with Gasteiger partial charge in [0.2, 0.25) is 0 Å². The minimum Gasteiger partial charge on any atom is -0.435 e. The second kappa shape index (κ2) is 4.23. The van der Waals surface area contributed by atoms with E-state index in [0.29, 0.717) is 0 Å². The summed E-state index contributed by atoms with van der Waals surface area (Å²) in [5.74, 6) is 0. The van der Waals surface area contributed by atoms with Crippen molar-refractivity contribution in [3.05, 3.63) is 0 Å². The Kier molecular flexibility index (Phi) is 4.59. The van der Waals surface area contributed by atoms with E-state index >= 15 is 0 Å². The summed E-state index contributed by atoms with van der Waals surface area (Å²) in [5.41, 5.74) is 0. The van der Waals surface area contributed by atoms with E-state index in [9.17, 15) is 9.13 Å². The van der Waals surface area contributed by atoms with Crippen molar-refractivity contribution in [1.29, 1.82) is 0 Å². The number of hydrogen-bond donors (Lipinski definition) is 0. The zero-order chi connectivity index (χ0) is 9.12. The van der Waals surface area contributed by atoms with Gasteiger partial charge < -0.3 is 7.15 Å². The van der Waals surface area contributed by atoms with Gasteiger partial charge >= 0.3 is 15.9 Å². The lowest BCUT2D eigenvalue weighted by atomic mass is 11.9. The summed E-state index contributed by atoms with van der Waals surface area (Å²) in [6.45, 7) is 6.00. The van der Waals surface area contributed by atoms with Gasteiger partial charge in [0.05, 0.1) is 0 Å². The molecule has 0 fully saturated rings. The van der Waals surface area contributed by atoms with E-state index in [0.717, 1.165) is 0 Å². The molecule has 0 saturated carbocycles. The predicted molar refractivity (Wildman–Crippen MR) is 46.8 cm³/mol. The second-order valence-electron chi connectivity index (χ2n) is 2.81. The molecule has 0 aliphatic carbocycles. The van der Waals surface area contributed by atoms with Crippen molar-refractivity contribution < 1.29 is 16.3 Å². The highest BCUT2D eigenvalue weighted by molar-refractivity contribution is 7.59. The van der Waals surface area contributed by atoms with Crippen LogP contribution in [0.3, 0.4) is 0 Å². The molecule has 0 bridgehead atoms. The first kappa shape index (κ1) is 11.9. The molecule has 7 heteroatoms. The molecule has 1 radical (unpaired) electrons. The van der Waals surface area contributed by atoms with E-state index in [2.05, 4.69) is 0 Å². The molecule has 0 spiro atoms. The summed E-state index contributed by atoms with van der Waals surface area (Å²) in [5, 5.41) is 0. The van der Waals surface area contributed by atoms with E-state index < -0.39 is 30.6 Å².